The van der Waals surface area contributed by atoms with Crippen LogP contribution in [-0.4, -0.2) is 36.7 Å². The molecule has 1 heterocycles. The van der Waals surface area contributed by atoms with E-state index in [0.29, 0.717) is 12.1 Å². The SMILES string of the molecule is CC(C)NCc1ccc(CN2CCOCC2C)c(Br)c1. The van der Waals surface area contributed by atoms with Crippen molar-refractivity contribution in [3.8, 4) is 0 Å². The number of nitrogens with zero attached hydrogens (tertiary/aromatic N) is 1. The molecule has 0 bridgehead atoms. The monoisotopic (exact) mass is 340 g/mol. The largest absolute Gasteiger partial charge is 0.379 e. The molecular formula is C16H25BrN2O. The topological polar surface area (TPSA) is 24.5 Å². The van der Waals surface area contributed by atoms with Gasteiger partial charge in [-0.05, 0) is 24.1 Å². The zero-order chi connectivity index (χ0) is 14.5. The van der Waals surface area contributed by atoms with Crippen LogP contribution in [0.25, 0.3) is 0 Å². The smallest absolute Gasteiger partial charge is 0.0619 e. The van der Waals surface area contributed by atoms with Gasteiger partial charge in [0.2, 0.25) is 0 Å². The molecule has 1 aliphatic rings. The number of ether oxygens (including phenoxy) is 1. The lowest BCUT2D eigenvalue weighted by Crippen LogP contribution is -2.42. The van der Waals surface area contributed by atoms with Crippen molar-refractivity contribution in [1.82, 2.24) is 10.2 Å². The number of morpholine rings is 1. The maximum Gasteiger partial charge on any atom is 0.0619 e. The third kappa shape index (κ3) is 4.55. The zero-order valence-electron chi connectivity index (χ0n) is 12.7. The molecule has 1 aromatic carbocycles. The van der Waals surface area contributed by atoms with Crippen molar-refractivity contribution in [2.24, 2.45) is 0 Å². The van der Waals surface area contributed by atoms with Crippen molar-refractivity contribution in [2.75, 3.05) is 19.8 Å². The van der Waals surface area contributed by atoms with Crippen molar-refractivity contribution in [3.05, 3.63) is 33.8 Å². The summed E-state index contributed by atoms with van der Waals surface area (Å²) in [5.41, 5.74) is 2.68. The Morgan fingerprint density at radius 1 is 1.45 bits per heavy atom. The van der Waals surface area contributed by atoms with E-state index in [4.69, 9.17) is 4.74 Å². The fraction of sp³-hybridized carbons (Fsp3) is 0.625. The van der Waals surface area contributed by atoms with E-state index in [9.17, 15) is 0 Å². The lowest BCUT2D eigenvalue weighted by Gasteiger charge is -2.33. The average molecular weight is 341 g/mol. The average Bonchev–Trinajstić information content (AvgIpc) is 2.41. The van der Waals surface area contributed by atoms with Crippen LogP contribution in [0, 0.1) is 0 Å². The van der Waals surface area contributed by atoms with Gasteiger partial charge in [0.25, 0.3) is 0 Å². The van der Waals surface area contributed by atoms with Crippen LogP contribution in [0.4, 0.5) is 0 Å². The van der Waals surface area contributed by atoms with Gasteiger partial charge in [0.1, 0.15) is 0 Å². The van der Waals surface area contributed by atoms with Crippen LogP contribution in [0.2, 0.25) is 0 Å². The van der Waals surface area contributed by atoms with E-state index in [2.05, 4.69) is 65.1 Å². The first-order valence-corrected chi connectivity index (χ1v) is 8.18. The number of benzene rings is 1. The highest BCUT2D eigenvalue weighted by Gasteiger charge is 2.19. The van der Waals surface area contributed by atoms with Crippen LogP contribution in [0.1, 0.15) is 31.9 Å². The summed E-state index contributed by atoms with van der Waals surface area (Å²) in [5.74, 6) is 0. The third-order valence-electron chi connectivity index (χ3n) is 3.71. The van der Waals surface area contributed by atoms with Gasteiger partial charge in [0.05, 0.1) is 13.2 Å². The molecule has 1 atom stereocenters. The minimum atomic E-state index is 0.498. The predicted molar refractivity (Wildman–Crippen MR) is 86.8 cm³/mol. The van der Waals surface area contributed by atoms with Crippen molar-refractivity contribution in [1.29, 1.82) is 0 Å². The van der Waals surface area contributed by atoms with E-state index < -0.39 is 0 Å². The molecule has 1 N–H and O–H groups in total. The highest BCUT2D eigenvalue weighted by Crippen LogP contribution is 2.22. The fourth-order valence-corrected chi connectivity index (χ4v) is 2.92. The second-order valence-electron chi connectivity index (χ2n) is 5.86. The van der Waals surface area contributed by atoms with Crippen LogP contribution in [0.3, 0.4) is 0 Å². The highest BCUT2D eigenvalue weighted by molar-refractivity contribution is 9.10. The Labute approximate surface area is 130 Å². The standard InChI is InChI=1S/C16H25BrN2O/c1-12(2)18-9-14-4-5-15(16(17)8-14)10-19-6-7-20-11-13(19)3/h4-5,8,12-13,18H,6-7,9-11H2,1-3H3. The van der Waals surface area contributed by atoms with Gasteiger partial charge in [-0.25, -0.2) is 0 Å². The maximum atomic E-state index is 5.49. The van der Waals surface area contributed by atoms with Gasteiger partial charge in [-0.3, -0.25) is 4.90 Å². The Hall–Kier alpha value is -0.420. The molecule has 1 saturated heterocycles. The summed E-state index contributed by atoms with van der Waals surface area (Å²) >= 11 is 3.72. The van der Waals surface area contributed by atoms with E-state index in [1.54, 1.807) is 0 Å². The van der Waals surface area contributed by atoms with Crippen LogP contribution in [0.15, 0.2) is 22.7 Å². The normalized spacial score (nSPS) is 20.6. The van der Waals surface area contributed by atoms with E-state index in [-0.39, 0.29) is 0 Å². The lowest BCUT2D eigenvalue weighted by molar-refractivity contribution is -0.00445. The Kier molecular flexibility index (Phi) is 6.02. The zero-order valence-corrected chi connectivity index (χ0v) is 14.2. The van der Waals surface area contributed by atoms with Crippen LogP contribution < -0.4 is 5.32 Å². The molecule has 1 aliphatic heterocycles. The first-order valence-electron chi connectivity index (χ1n) is 7.38. The quantitative estimate of drug-likeness (QED) is 0.890. The van der Waals surface area contributed by atoms with E-state index in [1.807, 2.05) is 0 Å². The van der Waals surface area contributed by atoms with Gasteiger partial charge in [-0.2, -0.15) is 0 Å². The summed E-state index contributed by atoms with van der Waals surface area (Å²) in [6.45, 7) is 11.2. The van der Waals surface area contributed by atoms with Gasteiger partial charge in [0.15, 0.2) is 0 Å². The molecule has 0 spiro atoms. The van der Waals surface area contributed by atoms with Gasteiger partial charge in [0, 0.05) is 36.2 Å². The molecule has 4 heteroatoms. The summed E-state index contributed by atoms with van der Waals surface area (Å²) in [6, 6.07) is 7.71. The Balaban J connectivity index is 1.98. The van der Waals surface area contributed by atoms with E-state index in [0.717, 1.165) is 32.8 Å². The van der Waals surface area contributed by atoms with Crippen molar-refractivity contribution < 1.29 is 4.74 Å². The number of nitrogens with one attached hydrogen (secondary N) is 1. The summed E-state index contributed by atoms with van der Waals surface area (Å²) in [5, 5.41) is 3.45. The molecule has 0 saturated carbocycles. The second kappa shape index (κ2) is 7.55. The second-order valence-corrected chi connectivity index (χ2v) is 6.71. The molecular weight excluding hydrogens is 316 g/mol. The van der Waals surface area contributed by atoms with E-state index in [1.165, 1.54) is 15.6 Å². The predicted octanol–water partition coefficient (Wildman–Crippen LogP) is 3.17. The molecule has 0 amide bonds. The molecule has 112 valence electrons. The number of hydrogen-bond donors (Lipinski definition) is 1. The molecule has 0 aromatic heterocycles. The lowest BCUT2D eigenvalue weighted by atomic mass is 10.1. The minimum absolute atomic E-state index is 0.498. The number of halogens is 1. The maximum absolute atomic E-state index is 5.49. The summed E-state index contributed by atoms with van der Waals surface area (Å²) < 4.78 is 6.70. The molecule has 1 unspecified atom stereocenters. The van der Waals surface area contributed by atoms with E-state index >= 15 is 0 Å². The first kappa shape index (κ1) is 16.0. The highest BCUT2D eigenvalue weighted by atomic mass is 79.9. The third-order valence-corrected chi connectivity index (χ3v) is 4.45. The van der Waals surface area contributed by atoms with Crippen LogP contribution in [0.5, 0.6) is 0 Å². The molecule has 1 aromatic rings. The fourth-order valence-electron chi connectivity index (χ4n) is 2.37. The molecule has 1 fully saturated rings. The number of rotatable bonds is 5. The summed E-state index contributed by atoms with van der Waals surface area (Å²) in [6.07, 6.45) is 0. The van der Waals surface area contributed by atoms with Gasteiger partial charge < -0.3 is 10.1 Å². The molecule has 2 rings (SSSR count). The number of hydrogen-bond acceptors (Lipinski definition) is 3. The molecule has 0 radical (unpaired) electrons. The van der Waals surface area contributed by atoms with Crippen molar-refractivity contribution in [3.63, 3.8) is 0 Å². The molecule has 0 aliphatic carbocycles. The summed E-state index contributed by atoms with van der Waals surface area (Å²) in [4.78, 5) is 2.48. The van der Waals surface area contributed by atoms with Gasteiger partial charge in [-0.15, -0.1) is 0 Å². The van der Waals surface area contributed by atoms with Crippen LogP contribution in [-0.2, 0) is 17.8 Å². The van der Waals surface area contributed by atoms with Gasteiger partial charge >= 0.3 is 0 Å². The molecule has 3 nitrogen and oxygen atoms in total. The Morgan fingerprint density at radius 3 is 2.90 bits per heavy atom. The summed E-state index contributed by atoms with van der Waals surface area (Å²) in [7, 11) is 0. The first-order chi connectivity index (χ1) is 9.56. The van der Waals surface area contributed by atoms with Crippen molar-refractivity contribution in [2.45, 2.75) is 45.9 Å². The van der Waals surface area contributed by atoms with Gasteiger partial charge in [-0.1, -0.05) is 41.9 Å². The molecule has 20 heavy (non-hydrogen) atoms. The minimum Gasteiger partial charge on any atom is -0.379 e. The van der Waals surface area contributed by atoms with Crippen LogP contribution >= 0.6 is 15.9 Å². The van der Waals surface area contributed by atoms with Crippen molar-refractivity contribution >= 4 is 15.9 Å². The Morgan fingerprint density at radius 2 is 2.25 bits per heavy atom. The Bertz CT molecular complexity index is 436.